The molecule has 0 bridgehead atoms. The molecule has 1 aromatic carbocycles. The number of pyridine rings is 1. The molecule has 0 unspecified atom stereocenters. The maximum absolute atomic E-state index is 12.4. The van der Waals surface area contributed by atoms with Gasteiger partial charge in [-0.05, 0) is 37.3 Å². The van der Waals surface area contributed by atoms with E-state index < -0.39 is 23.7 Å². The minimum atomic E-state index is -4.57. The number of halogens is 3. The van der Waals surface area contributed by atoms with E-state index in [4.69, 9.17) is 4.74 Å². The number of nitrogens with zero attached hydrogens (tertiary/aromatic N) is 1. The first-order valence-electron chi connectivity index (χ1n) is 6.93. The largest absolute Gasteiger partial charge is 0.462 e. The molecule has 5 nitrogen and oxygen atoms in total. The molecule has 1 heterocycles. The van der Waals surface area contributed by atoms with Crippen molar-refractivity contribution in [1.82, 2.24) is 4.98 Å². The minimum absolute atomic E-state index is 0.0375. The number of anilines is 1. The molecule has 1 aromatic heterocycles. The summed E-state index contributed by atoms with van der Waals surface area (Å²) in [5, 5.41) is 2.49. The van der Waals surface area contributed by atoms with Crippen LogP contribution in [0.25, 0.3) is 0 Å². The van der Waals surface area contributed by atoms with Crippen molar-refractivity contribution in [3.63, 3.8) is 0 Å². The van der Waals surface area contributed by atoms with Gasteiger partial charge in [0.15, 0.2) is 0 Å². The number of ether oxygens (including phenoxy) is 1. The van der Waals surface area contributed by atoms with Gasteiger partial charge < -0.3 is 10.1 Å². The Morgan fingerprint density at radius 3 is 2.50 bits per heavy atom. The Bertz CT molecular complexity index is 743. The Kier molecular flexibility index (Phi) is 5.18. The number of alkyl halides is 3. The van der Waals surface area contributed by atoms with Crippen LogP contribution in [0.5, 0.6) is 0 Å². The molecule has 2 aromatic rings. The lowest BCUT2D eigenvalue weighted by Crippen LogP contribution is -2.14. The highest BCUT2D eigenvalue weighted by atomic mass is 19.4. The molecule has 1 N–H and O–H groups in total. The first kappa shape index (κ1) is 17.5. The molecular formula is C16H13F3N2O3. The van der Waals surface area contributed by atoms with Gasteiger partial charge in [-0.1, -0.05) is 6.07 Å². The smallest absolute Gasteiger partial charge is 0.433 e. The van der Waals surface area contributed by atoms with E-state index in [-0.39, 0.29) is 17.7 Å². The summed E-state index contributed by atoms with van der Waals surface area (Å²) in [5.41, 5.74) is -0.557. The van der Waals surface area contributed by atoms with Gasteiger partial charge in [0.05, 0.1) is 17.7 Å². The Morgan fingerprint density at radius 1 is 1.17 bits per heavy atom. The number of aromatic nitrogens is 1. The van der Waals surface area contributed by atoms with E-state index in [1.165, 1.54) is 18.2 Å². The summed E-state index contributed by atoms with van der Waals surface area (Å²) < 4.78 is 42.2. The molecular weight excluding hydrogens is 325 g/mol. The molecule has 0 fully saturated rings. The summed E-state index contributed by atoms with van der Waals surface area (Å²) in [6.45, 7) is 1.88. The van der Waals surface area contributed by atoms with Crippen LogP contribution in [-0.2, 0) is 10.9 Å². The Morgan fingerprint density at radius 2 is 1.92 bits per heavy atom. The van der Waals surface area contributed by atoms with Gasteiger partial charge in [-0.15, -0.1) is 0 Å². The molecule has 2 rings (SSSR count). The summed E-state index contributed by atoms with van der Waals surface area (Å²) in [5.74, 6) is -1.18. The molecule has 1 amide bonds. The predicted octanol–water partition coefficient (Wildman–Crippen LogP) is 3.53. The van der Waals surface area contributed by atoms with Crippen molar-refractivity contribution in [3.8, 4) is 0 Å². The normalized spacial score (nSPS) is 11.0. The second-order valence-electron chi connectivity index (χ2n) is 4.69. The summed E-state index contributed by atoms with van der Waals surface area (Å²) in [4.78, 5) is 26.9. The lowest BCUT2D eigenvalue weighted by molar-refractivity contribution is -0.141. The fraction of sp³-hybridized carbons (Fsp3) is 0.188. The van der Waals surface area contributed by atoms with Gasteiger partial charge in [0, 0.05) is 11.9 Å². The lowest BCUT2D eigenvalue weighted by Gasteiger charge is -2.08. The third-order valence-corrected chi connectivity index (χ3v) is 2.95. The van der Waals surface area contributed by atoms with E-state index in [1.807, 2.05) is 0 Å². The third-order valence-electron chi connectivity index (χ3n) is 2.95. The van der Waals surface area contributed by atoms with E-state index in [0.717, 1.165) is 18.3 Å². The van der Waals surface area contributed by atoms with Crippen LogP contribution in [0, 0.1) is 0 Å². The van der Waals surface area contributed by atoms with Gasteiger partial charge in [-0.3, -0.25) is 9.78 Å². The van der Waals surface area contributed by atoms with Crippen LogP contribution in [0.3, 0.4) is 0 Å². The SMILES string of the molecule is CCOC(=O)c1cccc(NC(=O)c2ccc(C(F)(F)F)nc2)c1. The number of amides is 1. The minimum Gasteiger partial charge on any atom is -0.462 e. The van der Waals surface area contributed by atoms with E-state index >= 15 is 0 Å². The van der Waals surface area contributed by atoms with Crippen LogP contribution >= 0.6 is 0 Å². The van der Waals surface area contributed by atoms with Gasteiger partial charge in [0.1, 0.15) is 5.69 Å². The molecule has 8 heteroatoms. The monoisotopic (exact) mass is 338 g/mol. The van der Waals surface area contributed by atoms with Crippen molar-refractivity contribution < 1.29 is 27.5 Å². The number of benzene rings is 1. The first-order valence-corrected chi connectivity index (χ1v) is 6.93. The summed E-state index contributed by atoms with van der Waals surface area (Å²) in [7, 11) is 0. The fourth-order valence-electron chi connectivity index (χ4n) is 1.84. The molecule has 0 aliphatic heterocycles. The Labute approximate surface area is 135 Å². The van der Waals surface area contributed by atoms with Gasteiger partial charge >= 0.3 is 12.1 Å². The Hall–Kier alpha value is -2.90. The molecule has 0 aliphatic rings. The molecule has 0 radical (unpaired) electrons. The highest BCUT2D eigenvalue weighted by molar-refractivity contribution is 6.04. The zero-order chi connectivity index (χ0) is 17.7. The average Bonchev–Trinajstić information content (AvgIpc) is 2.54. The quantitative estimate of drug-likeness (QED) is 0.866. The number of carbonyl (C=O) groups is 2. The molecule has 126 valence electrons. The number of hydrogen-bond donors (Lipinski definition) is 1. The van der Waals surface area contributed by atoms with Crippen molar-refractivity contribution in [1.29, 1.82) is 0 Å². The number of nitrogens with one attached hydrogen (secondary N) is 1. The van der Waals surface area contributed by atoms with Crippen LogP contribution in [-0.4, -0.2) is 23.5 Å². The lowest BCUT2D eigenvalue weighted by atomic mass is 10.2. The van der Waals surface area contributed by atoms with Crippen LogP contribution in [0.1, 0.15) is 33.3 Å². The van der Waals surface area contributed by atoms with Crippen molar-refractivity contribution in [2.45, 2.75) is 13.1 Å². The Balaban J connectivity index is 2.12. The van der Waals surface area contributed by atoms with Crippen LogP contribution in [0.4, 0.5) is 18.9 Å². The van der Waals surface area contributed by atoms with Crippen molar-refractivity contribution in [3.05, 3.63) is 59.4 Å². The molecule has 0 aliphatic carbocycles. The van der Waals surface area contributed by atoms with Gasteiger partial charge in [0.2, 0.25) is 0 Å². The van der Waals surface area contributed by atoms with Crippen LogP contribution in [0.15, 0.2) is 42.6 Å². The summed E-state index contributed by atoms with van der Waals surface area (Å²) >= 11 is 0. The van der Waals surface area contributed by atoms with Crippen LogP contribution < -0.4 is 5.32 Å². The molecule has 0 saturated carbocycles. The fourth-order valence-corrected chi connectivity index (χ4v) is 1.84. The molecule has 0 saturated heterocycles. The van der Waals surface area contributed by atoms with Crippen molar-refractivity contribution in [2.75, 3.05) is 11.9 Å². The number of rotatable bonds is 4. The average molecular weight is 338 g/mol. The van der Waals surface area contributed by atoms with Crippen molar-refractivity contribution in [2.24, 2.45) is 0 Å². The standard InChI is InChI=1S/C16H13F3N2O3/c1-2-24-15(23)10-4-3-5-12(8-10)21-14(22)11-6-7-13(20-9-11)16(17,18)19/h3-9H,2H2,1H3,(H,21,22). The molecule has 0 spiro atoms. The van der Waals surface area contributed by atoms with Gasteiger partial charge in [-0.25, -0.2) is 4.79 Å². The molecule has 24 heavy (non-hydrogen) atoms. The number of esters is 1. The highest BCUT2D eigenvalue weighted by Crippen LogP contribution is 2.27. The van der Waals surface area contributed by atoms with E-state index in [2.05, 4.69) is 10.3 Å². The first-order chi connectivity index (χ1) is 11.3. The zero-order valence-corrected chi connectivity index (χ0v) is 12.6. The second-order valence-corrected chi connectivity index (χ2v) is 4.69. The van der Waals surface area contributed by atoms with E-state index in [1.54, 1.807) is 13.0 Å². The highest BCUT2D eigenvalue weighted by Gasteiger charge is 2.32. The molecule has 0 atom stereocenters. The summed E-state index contributed by atoms with van der Waals surface area (Å²) in [6, 6.07) is 7.77. The topological polar surface area (TPSA) is 68.3 Å². The predicted molar refractivity (Wildman–Crippen MR) is 79.6 cm³/mol. The zero-order valence-electron chi connectivity index (χ0n) is 12.6. The van der Waals surface area contributed by atoms with Crippen LogP contribution in [0.2, 0.25) is 0 Å². The number of hydrogen-bond acceptors (Lipinski definition) is 4. The number of carbonyl (C=O) groups excluding carboxylic acids is 2. The van der Waals surface area contributed by atoms with E-state index in [0.29, 0.717) is 5.69 Å². The van der Waals surface area contributed by atoms with Gasteiger partial charge in [-0.2, -0.15) is 13.2 Å². The maximum atomic E-state index is 12.4. The van der Waals surface area contributed by atoms with Crippen molar-refractivity contribution >= 4 is 17.6 Å². The summed E-state index contributed by atoms with van der Waals surface area (Å²) in [6.07, 6.45) is -3.73. The third kappa shape index (κ3) is 4.31. The second kappa shape index (κ2) is 7.12. The van der Waals surface area contributed by atoms with E-state index in [9.17, 15) is 22.8 Å². The van der Waals surface area contributed by atoms with Gasteiger partial charge in [0.25, 0.3) is 5.91 Å². The maximum Gasteiger partial charge on any atom is 0.433 e.